The van der Waals surface area contributed by atoms with Gasteiger partial charge >= 0.3 is 6.03 Å². The molecule has 4 rings (SSSR count). The van der Waals surface area contributed by atoms with Crippen LogP contribution in [0.25, 0.3) is 0 Å². The van der Waals surface area contributed by atoms with Crippen molar-refractivity contribution in [1.82, 2.24) is 10.2 Å². The number of carbonyl (C=O) groups is 2. The van der Waals surface area contributed by atoms with Gasteiger partial charge in [0.1, 0.15) is 24.2 Å². The smallest absolute Gasteiger partial charge is 0.325 e. The molecule has 0 bridgehead atoms. The molecule has 0 saturated carbocycles. The van der Waals surface area contributed by atoms with E-state index in [-0.39, 0.29) is 13.2 Å². The highest BCUT2D eigenvalue weighted by molar-refractivity contribution is 6.35. The quantitative estimate of drug-likeness (QED) is 0.703. The molecule has 3 amide bonds. The molecule has 2 aromatic carbocycles. The number of aliphatic hydroxyl groups is 1. The summed E-state index contributed by atoms with van der Waals surface area (Å²) in [6, 6.07) is 11.3. The van der Waals surface area contributed by atoms with E-state index in [1.807, 2.05) is 0 Å². The van der Waals surface area contributed by atoms with Crippen LogP contribution < -0.4 is 14.8 Å². The molecule has 1 fully saturated rings. The minimum Gasteiger partial charge on any atom is -0.493 e. The fourth-order valence-electron chi connectivity index (χ4n) is 3.58. The summed E-state index contributed by atoms with van der Waals surface area (Å²) in [5.74, 6) is 0.500. The van der Waals surface area contributed by atoms with Gasteiger partial charge in [0, 0.05) is 17.0 Å². The molecule has 9 heteroatoms. The number of hydrogen-bond donors (Lipinski definition) is 2. The number of ether oxygens (including phenoxy) is 2. The van der Waals surface area contributed by atoms with E-state index in [0.717, 1.165) is 4.90 Å². The van der Waals surface area contributed by atoms with Gasteiger partial charge < -0.3 is 19.9 Å². The fraction of sp³-hybridized carbons (Fsp3) is 0.300. The number of nitrogens with one attached hydrogen (secondary N) is 1. The third-order valence-corrected chi connectivity index (χ3v) is 5.51. The van der Waals surface area contributed by atoms with Gasteiger partial charge in [-0.1, -0.05) is 41.4 Å². The van der Waals surface area contributed by atoms with Crippen LogP contribution in [0.4, 0.5) is 4.79 Å². The van der Waals surface area contributed by atoms with Crippen molar-refractivity contribution in [2.24, 2.45) is 0 Å². The number of para-hydroxylation sites is 1. The minimum absolute atomic E-state index is 0.148. The highest BCUT2D eigenvalue weighted by Crippen LogP contribution is 2.41. The lowest BCUT2D eigenvalue weighted by molar-refractivity contribution is -0.133. The molecule has 0 radical (unpaired) electrons. The van der Waals surface area contributed by atoms with Gasteiger partial charge in [-0.3, -0.25) is 9.69 Å². The van der Waals surface area contributed by atoms with Crippen LogP contribution in [0, 0.1) is 0 Å². The fourth-order valence-corrected chi connectivity index (χ4v) is 4.04. The van der Waals surface area contributed by atoms with Crippen molar-refractivity contribution in [2.45, 2.75) is 18.1 Å². The SMILES string of the molecule is O=C1N[C@]2(CCOc3ccccc32)C(=O)N1C[C@@H](O)COc1ccc(Cl)cc1Cl. The number of β-amino-alcohol motifs (C(OH)–C–C–N with tert-alkyl or cyclic N) is 1. The van der Waals surface area contributed by atoms with E-state index >= 15 is 0 Å². The number of rotatable bonds is 5. The van der Waals surface area contributed by atoms with Gasteiger partial charge in [-0.25, -0.2) is 4.79 Å². The van der Waals surface area contributed by atoms with Gasteiger partial charge in [0.2, 0.25) is 0 Å². The summed E-state index contributed by atoms with van der Waals surface area (Å²) in [6.45, 7) is -0.0522. The lowest BCUT2D eigenvalue weighted by atomic mass is 9.84. The number of fused-ring (bicyclic) bond motifs is 2. The number of carbonyl (C=O) groups excluding carboxylic acids is 2. The van der Waals surface area contributed by atoms with Crippen LogP contribution in [0.3, 0.4) is 0 Å². The second-order valence-corrected chi connectivity index (χ2v) is 7.73. The van der Waals surface area contributed by atoms with Gasteiger partial charge in [-0.2, -0.15) is 0 Å². The zero-order valence-electron chi connectivity index (χ0n) is 15.2. The zero-order chi connectivity index (χ0) is 20.6. The molecule has 2 aromatic rings. The van der Waals surface area contributed by atoms with Crippen molar-refractivity contribution >= 4 is 35.1 Å². The third kappa shape index (κ3) is 3.61. The Balaban J connectivity index is 1.46. The molecule has 2 aliphatic heterocycles. The highest BCUT2D eigenvalue weighted by Gasteiger charge is 2.55. The lowest BCUT2D eigenvalue weighted by Crippen LogP contribution is -2.48. The molecule has 0 aromatic heterocycles. The Morgan fingerprint density at radius 3 is 2.83 bits per heavy atom. The van der Waals surface area contributed by atoms with Crippen molar-refractivity contribution in [3.8, 4) is 11.5 Å². The molecular weight excluding hydrogens is 419 g/mol. The highest BCUT2D eigenvalue weighted by atomic mass is 35.5. The van der Waals surface area contributed by atoms with Crippen molar-refractivity contribution in [3.05, 3.63) is 58.1 Å². The predicted octanol–water partition coefficient (Wildman–Crippen LogP) is 2.96. The molecule has 152 valence electrons. The Labute approximate surface area is 177 Å². The van der Waals surface area contributed by atoms with Crippen LogP contribution in [-0.2, 0) is 10.3 Å². The monoisotopic (exact) mass is 436 g/mol. The first kappa shape index (κ1) is 19.8. The lowest BCUT2D eigenvalue weighted by Gasteiger charge is -2.33. The summed E-state index contributed by atoms with van der Waals surface area (Å²) < 4.78 is 11.1. The second kappa shape index (κ2) is 7.74. The number of urea groups is 1. The van der Waals surface area contributed by atoms with Crippen molar-refractivity contribution < 1.29 is 24.2 Å². The van der Waals surface area contributed by atoms with E-state index < -0.39 is 23.6 Å². The van der Waals surface area contributed by atoms with E-state index in [0.29, 0.717) is 40.1 Å². The molecule has 7 nitrogen and oxygen atoms in total. The molecule has 2 atom stereocenters. The maximum absolute atomic E-state index is 13.2. The zero-order valence-corrected chi connectivity index (χ0v) is 16.7. The number of hydrogen-bond acceptors (Lipinski definition) is 5. The van der Waals surface area contributed by atoms with Crippen LogP contribution in [0.15, 0.2) is 42.5 Å². The topological polar surface area (TPSA) is 88.1 Å². The van der Waals surface area contributed by atoms with E-state index in [4.69, 9.17) is 32.7 Å². The number of imide groups is 1. The second-order valence-electron chi connectivity index (χ2n) is 6.89. The molecule has 1 spiro atoms. The Bertz CT molecular complexity index is 970. The molecule has 29 heavy (non-hydrogen) atoms. The van der Waals surface area contributed by atoms with E-state index in [9.17, 15) is 14.7 Å². The maximum Gasteiger partial charge on any atom is 0.325 e. The average Bonchev–Trinajstić information content (AvgIpc) is 2.92. The largest absolute Gasteiger partial charge is 0.493 e. The molecule has 0 aliphatic carbocycles. The Morgan fingerprint density at radius 2 is 2.03 bits per heavy atom. The first-order valence-corrected chi connectivity index (χ1v) is 9.78. The number of aliphatic hydroxyl groups excluding tert-OH is 1. The first-order valence-electron chi connectivity index (χ1n) is 9.03. The summed E-state index contributed by atoms with van der Waals surface area (Å²) in [6.07, 6.45) is -0.778. The van der Waals surface area contributed by atoms with Crippen molar-refractivity contribution in [2.75, 3.05) is 19.8 Å². The van der Waals surface area contributed by atoms with Gasteiger partial charge in [0.25, 0.3) is 5.91 Å². The van der Waals surface area contributed by atoms with Crippen LogP contribution >= 0.6 is 23.2 Å². The van der Waals surface area contributed by atoms with Crippen LogP contribution in [0.2, 0.25) is 10.0 Å². The number of halogens is 2. The van der Waals surface area contributed by atoms with Gasteiger partial charge in [0.05, 0.1) is 18.2 Å². The summed E-state index contributed by atoms with van der Waals surface area (Å²) in [7, 11) is 0. The van der Waals surface area contributed by atoms with E-state index in [1.54, 1.807) is 36.4 Å². The third-order valence-electron chi connectivity index (χ3n) is 4.98. The van der Waals surface area contributed by atoms with Crippen LogP contribution in [0.1, 0.15) is 12.0 Å². The molecule has 2 heterocycles. The molecule has 2 N–H and O–H groups in total. The summed E-state index contributed by atoms with van der Waals surface area (Å²) in [5.41, 5.74) is -0.558. The van der Waals surface area contributed by atoms with Crippen molar-refractivity contribution in [3.63, 3.8) is 0 Å². The van der Waals surface area contributed by atoms with Gasteiger partial charge in [0.15, 0.2) is 5.54 Å². The number of amides is 3. The summed E-state index contributed by atoms with van der Waals surface area (Å²) in [4.78, 5) is 26.7. The number of benzene rings is 2. The standard InChI is InChI=1S/C20H18Cl2N2O5/c21-12-5-6-17(15(22)9-12)29-11-13(25)10-24-18(26)20(23-19(24)27)7-8-28-16-4-2-1-3-14(16)20/h1-6,9,13,25H,7-8,10-11H2,(H,23,27)/t13-,20+/m1/s1. The van der Waals surface area contributed by atoms with E-state index in [1.165, 1.54) is 6.07 Å². The van der Waals surface area contributed by atoms with Crippen LogP contribution in [0.5, 0.6) is 11.5 Å². The Morgan fingerprint density at radius 1 is 1.24 bits per heavy atom. The van der Waals surface area contributed by atoms with Crippen molar-refractivity contribution in [1.29, 1.82) is 0 Å². The van der Waals surface area contributed by atoms with Gasteiger partial charge in [-0.05, 0) is 24.3 Å². The predicted molar refractivity (Wildman–Crippen MR) is 106 cm³/mol. The Hall–Kier alpha value is -2.48. The molecule has 1 saturated heterocycles. The number of nitrogens with zero attached hydrogens (tertiary/aromatic N) is 1. The molecule has 2 aliphatic rings. The van der Waals surface area contributed by atoms with Crippen LogP contribution in [-0.4, -0.2) is 47.8 Å². The maximum atomic E-state index is 13.2. The van der Waals surface area contributed by atoms with E-state index in [2.05, 4.69) is 5.32 Å². The Kier molecular flexibility index (Phi) is 5.29. The normalized spacial score (nSPS) is 21.6. The average molecular weight is 437 g/mol. The summed E-state index contributed by atoms with van der Waals surface area (Å²) >= 11 is 11.9. The first-order chi connectivity index (χ1) is 13.9. The molecular formula is C20H18Cl2N2O5. The summed E-state index contributed by atoms with van der Waals surface area (Å²) in [5, 5.41) is 13.9. The minimum atomic E-state index is -1.17. The molecule has 0 unspecified atom stereocenters. The van der Waals surface area contributed by atoms with Gasteiger partial charge in [-0.15, -0.1) is 0 Å².